The number of methoxy groups -OCH3 is 1. The van der Waals surface area contributed by atoms with E-state index in [4.69, 9.17) is 29.2 Å². The first-order valence-corrected chi connectivity index (χ1v) is 20.2. The molecule has 3 fully saturated rings. The van der Waals surface area contributed by atoms with Gasteiger partial charge in [-0.05, 0) is 92.3 Å². The Labute approximate surface area is 330 Å². The maximum Gasteiger partial charge on any atom is 0.410 e. The van der Waals surface area contributed by atoms with Gasteiger partial charge in [0.1, 0.15) is 23.9 Å². The summed E-state index contributed by atoms with van der Waals surface area (Å²) in [7, 11) is 5.26. The van der Waals surface area contributed by atoms with Gasteiger partial charge in [0, 0.05) is 69.4 Å². The fourth-order valence-electron chi connectivity index (χ4n) is 8.22. The van der Waals surface area contributed by atoms with Crippen LogP contribution in [0.2, 0.25) is 0 Å². The third kappa shape index (κ3) is 12.1. The van der Waals surface area contributed by atoms with Crippen molar-refractivity contribution < 1.29 is 51.9 Å². The minimum atomic E-state index is -1.38. The molecule has 3 unspecified atom stereocenters. The van der Waals surface area contributed by atoms with E-state index in [0.717, 1.165) is 0 Å². The van der Waals surface area contributed by atoms with Gasteiger partial charge in [0.15, 0.2) is 11.9 Å². The van der Waals surface area contributed by atoms with Crippen molar-refractivity contribution in [1.82, 2.24) is 14.7 Å². The van der Waals surface area contributed by atoms with Gasteiger partial charge >= 0.3 is 12.1 Å². The highest BCUT2D eigenvalue weighted by atomic mass is 32.2. The molecule has 0 aromatic rings. The Bertz CT molecular complexity index is 1340. The molecule has 0 radical (unpaired) electrons. The lowest BCUT2D eigenvalue weighted by Gasteiger charge is -2.46. The van der Waals surface area contributed by atoms with Crippen molar-refractivity contribution in [3.05, 3.63) is 10.4 Å². The summed E-state index contributed by atoms with van der Waals surface area (Å²) >= 11 is 0.250. The largest absolute Gasteiger partial charge is 0.458 e. The molecule has 0 bridgehead atoms. The number of nitrogens with zero attached hydrogens (tertiary/aromatic N) is 6. The third-order valence-electron chi connectivity index (χ3n) is 11.3. The molecule has 3 aliphatic rings. The number of Topliss-reactive ketones (excluding diaryl/α,β-unsaturated/α-hetero) is 1. The number of unbranched alkanes of at least 4 members (excludes halogenated alkanes) is 1. The number of rotatable bonds is 10. The smallest absolute Gasteiger partial charge is 0.410 e. The third-order valence-corrected chi connectivity index (χ3v) is 11.3. The molecule has 2 amide bonds. The number of ketones is 1. The zero-order chi connectivity index (χ0) is 41.8. The standard InChI is InChI=1S/C36H62N6O10.CH3FS/c1-12-28-36(8)31(41(34(47)52-36)16-14-13-15-38-39-37)24(5)42(25(6)43)20-21(2)19-35(7,48-11)29(18-27(44)23(4)32(46)50-28)51-33-30(45)26(40(9)10)17-22(3)49-33;1-3-2/h21-24,26,28-31,33,45H,12-20H2,1-11H3;1H3/t21-,22?,23-,24-,26?,28-,29-,30?,31-,33+,35-,36-;/m1./s1. The van der Waals surface area contributed by atoms with Crippen molar-refractivity contribution in [3.63, 3.8) is 0 Å². The maximum atomic E-state index is 14.0. The minimum absolute atomic E-state index is 0.216. The number of cyclic esters (lactones) is 1. The predicted molar refractivity (Wildman–Crippen MR) is 206 cm³/mol. The topological polar surface area (TPSA) is 193 Å². The van der Waals surface area contributed by atoms with Crippen LogP contribution in [0.15, 0.2) is 5.11 Å². The van der Waals surface area contributed by atoms with E-state index in [2.05, 4.69) is 10.0 Å². The molecule has 55 heavy (non-hydrogen) atoms. The van der Waals surface area contributed by atoms with E-state index in [1.165, 1.54) is 27.2 Å². The summed E-state index contributed by atoms with van der Waals surface area (Å²) < 4.78 is 41.1. The van der Waals surface area contributed by atoms with Gasteiger partial charge in [0.05, 0.1) is 29.9 Å². The van der Waals surface area contributed by atoms with Crippen LogP contribution in [0.1, 0.15) is 93.9 Å². The van der Waals surface area contributed by atoms with Crippen LogP contribution in [0.25, 0.3) is 10.4 Å². The van der Waals surface area contributed by atoms with Crippen LogP contribution < -0.4 is 0 Å². The van der Waals surface area contributed by atoms with Crippen LogP contribution in [-0.2, 0) is 38.1 Å². The quantitative estimate of drug-likeness (QED) is 0.0750. The van der Waals surface area contributed by atoms with Gasteiger partial charge < -0.3 is 38.6 Å². The lowest BCUT2D eigenvalue weighted by atomic mass is 9.82. The molecular formula is C37H65FN6O10S. The second kappa shape index (κ2) is 21.7. The van der Waals surface area contributed by atoms with Crippen LogP contribution in [0, 0.1) is 11.8 Å². The van der Waals surface area contributed by atoms with E-state index < -0.39 is 71.7 Å². The maximum absolute atomic E-state index is 14.0. The molecule has 0 saturated carbocycles. The zero-order valence-corrected chi connectivity index (χ0v) is 35.5. The molecule has 0 aromatic carbocycles. The highest BCUT2D eigenvalue weighted by Gasteiger charge is 2.59. The molecule has 3 heterocycles. The van der Waals surface area contributed by atoms with E-state index in [1.807, 2.05) is 46.7 Å². The van der Waals surface area contributed by atoms with Crippen LogP contribution in [-0.4, -0.2) is 151 Å². The second-order valence-electron chi connectivity index (χ2n) is 15.7. The fraction of sp³-hybridized carbons (Fsp3) is 0.892. The van der Waals surface area contributed by atoms with Crippen LogP contribution in [0.4, 0.5) is 8.68 Å². The predicted octanol–water partition coefficient (Wildman–Crippen LogP) is 5.30. The Kier molecular flexibility index (Phi) is 19.1. The molecule has 12 atom stereocenters. The van der Waals surface area contributed by atoms with Gasteiger partial charge in [-0.2, -0.15) is 3.89 Å². The molecule has 18 heteroatoms. The molecule has 316 valence electrons. The molecule has 0 aromatic heterocycles. The molecule has 1 N–H and O–H groups in total. The van der Waals surface area contributed by atoms with Gasteiger partial charge in [0.2, 0.25) is 5.91 Å². The Balaban J connectivity index is 0.00000337. The number of fused-ring (bicyclic) bond motifs is 1. The summed E-state index contributed by atoms with van der Waals surface area (Å²) in [5.41, 5.74) is 6.17. The number of aliphatic hydroxyl groups excluding tert-OH is 1. The summed E-state index contributed by atoms with van der Waals surface area (Å²) in [6.07, 6.45) is -1.53. The first-order valence-electron chi connectivity index (χ1n) is 19.1. The Morgan fingerprint density at radius 2 is 1.82 bits per heavy atom. The Morgan fingerprint density at radius 1 is 1.18 bits per heavy atom. The Morgan fingerprint density at radius 3 is 2.36 bits per heavy atom. The van der Waals surface area contributed by atoms with E-state index in [1.54, 1.807) is 23.6 Å². The molecule has 16 nitrogen and oxygen atoms in total. The number of esters is 1. The number of carbonyl (C=O) groups is 4. The van der Waals surface area contributed by atoms with Crippen molar-refractivity contribution in [1.29, 1.82) is 0 Å². The number of azide groups is 1. The summed E-state index contributed by atoms with van der Waals surface area (Å²) in [6.45, 7) is 14.8. The minimum Gasteiger partial charge on any atom is -0.458 e. The first-order chi connectivity index (χ1) is 25.8. The number of hydrogen-bond acceptors (Lipinski definition) is 13. The average molecular weight is 805 g/mol. The number of halogens is 1. The van der Waals surface area contributed by atoms with Crippen molar-refractivity contribution in [2.24, 2.45) is 17.0 Å². The van der Waals surface area contributed by atoms with Crippen LogP contribution in [0.5, 0.6) is 0 Å². The monoisotopic (exact) mass is 804 g/mol. The van der Waals surface area contributed by atoms with Gasteiger partial charge in [-0.15, -0.1) is 0 Å². The highest BCUT2D eigenvalue weighted by molar-refractivity contribution is 7.93. The van der Waals surface area contributed by atoms with Crippen molar-refractivity contribution in [2.75, 3.05) is 47.1 Å². The van der Waals surface area contributed by atoms with Crippen LogP contribution >= 0.6 is 12.1 Å². The molecule has 3 rings (SSSR count). The molecule has 3 saturated heterocycles. The summed E-state index contributed by atoms with van der Waals surface area (Å²) in [5, 5.41) is 14.9. The fourth-order valence-corrected chi connectivity index (χ4v) is 8.22. The number of likely N-dealkylation sites (N-methyl/N-ethyl adjacent to an activating group) is 1. The number of hydrogen-bond donors (Lipinski definition) is 1. The number of ether oxygens (including phenoxy) is 5. The van der Waals surface area contributed by atoms with Crippen molar-refractivity contribution in [2.45, 2.75) is 154 Å². The first kappa shape index (κ1) is 48.4. The lowest BCUT2D eigenvalue weighted by molar-refractivity contribution is -0.289. The number of amides is 2. The average Bonchev–Trinajstić information content (AvgIpc) is 3.38. The van der Waals surface area contributed by atoms with Gasteiger partial charge in [-0.3, -0.25) is 19.3 Å². The molecule has 0 spiro atoms. The normalized spacial score (nSPS) is 36.4. The molecule has 0 aliphatic carbocycles. The van der Waals surface area contributed by atoms with Crippen LogP contribution in [0.3, 0.4) is 0 Å². The summed E-state index contributed by atoms with van der Waals surface area (Å²) in [6, 6.07) is -1.59. The van der Waals surface area contributed by atoms with E-state index >= 15 is 0 Å². The SMILES string of the molecule is CC[C@H]1OC(=O)[C@H](C)C(=O)C[C@@H](O[C@@H]2OC(C)CC(N(C)C)C2O)[C@](C)(OC)C[C@@H](C)CN(C(C)=O)[C@H](C)[C@H]2N(CCCCN=[N+]=[N-])C(=O)O[C@]12C.CSF. The molecule has 3 aliphatic heterocycles. The van der Waals surface area contributed by atoms with Gasteiger partial charge in [0.25, 0.3) is 0 Å². The van der Waals surface area contributed by atoms with E-state index in [-0.39, 0.29) is 68.6 Å². The Hall–Kier alpha value is -2.73. The number of carbonyl (C=O) groups excluding carboxylic acids is 4. The van der Waals surface area contributed by atoms with Gasteiger partial charge in [-0.25, -0.2) is 4.79 Å². The lowest BCUT2D eigenvalue weighted by Crippen LogP contribution is -2.62. The zero-order valence-electron chi connectivity index (χ0n) is 34.7. The van der Waals surface area contributed by atoms with E-state index in [9.17, 15) is 28.2 Å². The number of aliphatic hydroxyl groups is 1. The van der Waals surface area contributed by atoms with Gasteiger partial charge in [-0.1, -0.05) is 19.0 Å². The second-order valence-corrected chi connectivity index (χ2v) is 16.0. The van der Waals surface area contributed by atoms with Crippen molar-refractivity contribution in [3.8, 4) is 0 Å². The highest BCUT2D eigenvalue weighted by Crippen LogP contribution is 2.41. The summed E-state index contributed by atoms with van der Waals surface area (Å²) in [5.74, 6) is -2.89. The van der Waals surface area contributed by atoms with Crippen molar-refractivity contribution >= 4 is 35.9 Å². The van der Waals surface area contributed by atoms with E-state index in [0.29, 0.717) is 25.7 Å². The summed E-state index contributed by atoms with van der Waals surface area (Å²) in [4.78, 5) is 62.8. The molecular weight excluding hydrogens is 740 g/mol.